The second kappa shape index (κ2) is 15.3. The predicted octanol–water partition coefficient (Wildman–Crippen LogP) is 11.2. The summed E-state index contributed by atoms with van der Waals surface area (Å²) >= 11 is 22.4. The first-order valence-corrected chi connectivity index (χ1v) is 23.6. The normalized spacial score (nSPS) is 24.4. The molecule has 0 unspecified atom stereocenters. The number of hydrogen-bond acceptors (Lipinski definition) is 2. The fourth-order valence-electron chi connectivity index (χ4n) is 6.84. The van der Waals surface area contributed by atoms with Crippen molar-refractivity contribution in [2.45, 2.75) is 53.2 Å². The van der Waals surface area contributed by atoms with E-state index < -0.39 is 11.4 Å². The van der Waals surface area contributed by atoms with Crippen molar-refractivity contribution in [3.63, 3.8) is 0 Å². The molecular formula is C29H21I9O2S. The molecule has 2 nitrogen and oxygen atoms in total. The third-order valence-corrected chi connectivity index (χ3v) is 19.7. The minimum absolute atomic E-state index is 0.164. The molecule has 0 aromatic heterocycles. The topological polar surface area (TPSA) is 40.1 Å². The Morgan fingerprint density at radius 1 is 0.561 bits per heavy atom. The summed E-state index contributed by atoms with van der Waals surface area (Å²) in [5.74, 6) is 1.38. The van der Waals surface area contributed by atoms with Crippen LogP contribution in [0, 0.1) is 55.3 Å². The average Bonchev–Trinajstić information content (AvgIpc) is 2.81. The van der Waals surface area contributed by atoms with Crippen molar-refractivity contribution in [2.75, 3.05) is 0 Å². The highest BCUT2D eigenvalue weighted by Gasteiger charge is 2.51. The molecule has 4 saturated carbocycles. The summed E-state index contributed by atoms with van der Waals surface area (Å²) in [4.78, 5) is 15.5. The van der Waals surface area contributed by atoms with Crippen LogP contribution in [0.2, 0.25) is 0 Å². The van der Waals surface area contributed by atoms with Gasteiger partial charge in [0.25, 0.3) is 0 Å². The Morgan fingerprint density at radius 3 is 1.02 bits per heavy atom. The first-order valence-electron chi connectivity index (χ1n) is 12.7. The molecule has 0 saturated heterocycles. The van der Waals surface area contributed by atoms with Crippen LogP contribution >= 0.6 is 203 Å². The summed E-state index contributed by atoms with van der Waals surface area (Å²) in [6, 6.07) is 13.8. The van der Waals surface area contributed by atoms with Gasteiger partial charge in [-0.1, -0.05) is 0 Å². The molecule has 0 spiro atoms. The van der Waals surface area contributed by atoms with Crippen molar-refractivity contribution in [2.24, 2.45) is 23.2 Å². The summed E-state index contributed by atoms with van der Waals surface area (Å²) in [6.07, 6.45) is 6.65. The minimum atomic E-state index is -0.758. The van der Waals surface area contributed by atoms with Crippen LogP contribution in [0.15, 0.2) is 51.1 Å². The second-order valence-electron chi connectivity index (χ2n) is 10.9. The van der Waals surface area contributed by atoms with Gasteiger partial charge in [0.2, 0.25) is 0 Å². The second-order valence-corrected chi connectivity index (χ2v) is 23.4. The fraction of sp³-hybridized carbons (Fsp3) is 0.345. The molecule has 0 radical (unpaired) electrons. The van der Waals surface area contributed by atoms with Gasteiger partial charge in [0.1, 0.15) is 10.9 Å². The van der Waals surface area contributed by atoms with Gasteiger partial charge in [0, 0.05) is 22.1 Å². The summed E-state index contributed by atoms with van der Waals surface area (Å²) < 4.78 is 11.9. The van der Waals surface area contributed by atoms with E-state index in [1.807, 2.05) is 0 Å². The van der Waals surface area contributed by atoms with Crippen molar-refractivity contribution in [1.29, 1.82) is 0 Å². The molecule has 0 aliphatic heterocycles. The van der Waals surface area contributed by atoms with E-state index in [1.165, 1.54) is 66.1 Å². The van der Waals surface area contributed by atoms with Gasteiger partial charge in [-0.2, -0.15) is 0 Å². The first kappa shape index (κ1) is 36.3. The molecule has 4 aliphatic rings. The van der Waals surface area contributed by atoms with Gasteiger partial charge in [0.15, 0.2) is 14.7 Å². The maximum Gasteiger partial charge on any atom is 0.193 e. The van der Waals surface area contributed by atoms with E-state index in [0.717, 1.165) is 19.3 Å². The number of benzene rings is 3. The number of rotatable bonds is 4. The molecule has 3 aromatic rings. The van der Waals surface area contributed by atoms with Crippen molar-refractivity contribution in [3.8, 4) is 0 Å². The number of hydrogen-bond donors (Lipinski definition) is 0. The largest absolute Gasteiger partial charge is 0.550 e. The molecule has 4 aliphatic carbocycles. The van der Waals surface area contributed by atoms with E-state index in [4.69, 9.17) is 0 Å². The Balaban J connectivity index is 0.000000213. The standard InChI is InChI=1S/C18H6I9S.C11H16O2/c19-7-1-10(22)16(11(23)2-7)28(17-12(24)3-8(20)4-13(17)25)18-14(26)5-9(21)6-15(18)27;12-10(13)11-4-7-1-8(5-11)3-9(2-7)6-11/h1-6H;7-9H,1-6H2,(H,12,13)/q+1;/p-1. The van der Waals surface area contributed by atoms with Crippen LogP contribution in [0.3, 0.4) is 0 Å². The number of carboxylic acid groups (broad SMARTS) is 1. The molecule has 7 rings (SSSR count). The van der Waals surface area contributed by atoms with Crippen LogP contribution in [0.4, 0.5) is 0 Å². The van der Waals surface area contributed by atoms with E-state index in [1.54, 1.807) is 0 Å². The number of carboxylic acids is 1. The molecule has 0 amide bonds. The van der Waals surface area contributed by atoms with Gasteiger partial charge in [-0.3, -0.25) is 0 Å². The molecule has 0 N–H and O–H groups in total. The molecule has 0 heterocycles. The van der Waals surface area contributed by atoms with E-state index in [0.29, 0.717) is 17.8 Å². The SMILES string of the molecule is Ic1cc(I)c([S+](c2c(I)cc(I)cc2I)c2c(I)cc(I)cc2I)c(I)c1.O=C([O-])C12CC3CC(CC(C3)C1)C2. The lowest BCUT2D eigenvalue weighted by Gasteiger charge is -2.57. The maximum atomic E-state index is 11.1. The lowest BCUT2D eigenvalue weighted by atomic mass is 9.49. The van der Waals surface area contributed by atoms with Gasteiger partial charge >= 0.3 is 0 Å². The molecule has 4 bridgehead atoms. The van der Waals surface area contributed by atoms with Crippen LogP contribution in [0.25, 0.3) is 0 Å². The third kappa shape index (κ3) is 8.27. The van der Waals surface area contributed by atoms with E-state index in [-0.39, 0.29) is 10.9 Å². The van der Waals surface area contributed by atoms with Crippen LogP contribution in [0.5, 0.6) is 0 Å². The predicted molar refractivity (Wildman–Crippen MR) is 242 cm³/mol. The Morgan fingerprint density at radius 2 is 0.805 bits per heavy atom. The molecule has 218 valence electrons. The monoisotopic (exact) mass is 1580 g/mol. The first-order chi connectivity index (χ1) is 19.3. The van der Waals surface area contributed by atoms with Gasteiger partial charge in [-0.25, -0.2) is 0 Å². The quantitative estimate of drug-likeness (QED) is 0.193. The van der Waals surface area contributed by atoms with Crippen molar-refractivity contribution >= 4 is 220 Å². The Labute approximate surface area is 367 Å². The fourth-order valence-corrected chi connectivity index (χ4v) is 23.7. The molecular weight excluding hydrogens is 1550 g/mol. The Hall–Kier alpha value is 4.05. The minimum Gasteiger partial charge on any atom is -0.550 e. The van der Waals surface area contributed by atoms with Crippen molar-refractivity contribution in [3.05, 3.63) is 68.5 Å². The van der Waals surface area contributed by atoms with E-state index in [2.05, 4.69) is 240 Å². The van der Waals surface area contributed by atoms with Gasteiger partial charge in [-0.15, -0.1) is 0 Å². The van der Waals surface area contributed by atoms with E-state index in [9.17, 15) is 9.90 Å². The number of aliphatic carboxylic acids is 1. The molecule has 12 heteroatoms. The van der Waals surface area contributed by atoms with Crippen LogP contribution < -0.4 is 5.11 Å². The summed E-state index contributed by atoms with van der Waals surface area (Å²) in [5.41, 5.74) is -0.394. The highest BCUT2D eigenvalue weighted by atomic mass is 127. The Bertz CT molecular complexity index is 1290. The highest BCUT2D eigenvalue weighted by Crippen LogP contribution is 2.59. The van der Waals surface area contributed by atoms with E-state index >= 15 is 0 Å². The molecule has 0 atom stereocenters. The molecule has 3 aromatic carbocycles. The molecule has 41 heavy (non-hydrogen) atoms. The van der Waals surface area contributed by atoms with Crippen LogP contribution in [-0.2, 0) is 15.7 Å². The Kier molecular flexibility index (Phi) is 13.6. The third-order valence-electron chi connectivity index (χ3n) is 7.97. The summed E-state index contributed by atoms with van der Waals surface area (Å²) in [7, 11) is -0.164. The number of carbonyl (C=O) groups is 1. The zero-order valence-electron chi connectivity index (χ0n) is 21.1. The number of carbonyl (C=O) groups excluding carboxylic acids is 1. The van der Waals surface area contributed by atoms with Crippen molar-refractivity contribution < 1.29 is 9.90 Å². The molecule has 4 fully saturated rings. The average molecular weight is 1580 g/mol. The number of halogens is 9. The van der Waals surface area contributed by atoms with Crippen molar-refractivity contribution in [1.82, 2.24) is 0 Å². The smallest absolute Gasteiger partial charge is 0.193 e. The van der Waals surface area contributed by atoms with Gasteiger partial charge in [0.05, 0.1) is 21.4 Å². The van der Waals surface area contributed by atoms with Gasteiger partial charge in [-0.05, 0) is 296 Å². The summed E-state index contributed by atoms with van der Waals surface area (Å²) in [6.45, 7) is 0. The van der Waals surface area contributed by atoms with Crippen LogP contribution in [0.1, 0.15) is 38.5 Å². The lowest BCUT2D eigenvalue weighted by Crippen LogP contribution is -2.54. The zero-order chi connectivity index (χ0) is 29.8. The zero-order valence-corrected chi connectivity index (χ0v) is 41.3. The lowest BCUT2D eigenvalue weighted by molar-refractivity contribution is -0.327. The summed E-state index contributed by atoms with van der Waals surface area (Å²) in [5, 5.41) is 11.1. The van der Waals surface area contributed by atoms with Gasteiger partial charge < -0.3 is 9.90 Å². The maximum absolute atomic E-state index is 11.1. The highest BCUT2D eigenvalue weighted by molar-refractivity contribution is 14.1. The van der Waals surface area contributed by atoms with Crippen LogP contribution in [-0.4, -0.2) is 5.97 Å².